The third kappa shape index (κ3) is 3.02. The van der Waals surface area contributed by atoms with E-state index in [0.717, 1.165) is 16.5 Å². The highest BCUT2D eigenvalue weighted by Gasteiger charge is 2.44. The number of hydrogen-bond donors (Lipinski definition) is 0. The molecule has 0 spiro atoms. The van der Waals surface area contributed by atoms with E-state index in [1.54, 1.807) is 11.3 Å². The SMILES string of the molecule is CC(C)(C)c1ccc2c(c1)Sc1cccc3c1B2c1c(oc2sc4ccccc4c12)N3c1ccccc1. The molecule has 6 aromatic rings. The second-order valence-electron chi connectivity index (χ2n) is 11.0. The second kappa shape index (κ2) is 7.56. The van der Waals surface area contributed by atoms with Gasteiger partial charge >= 0.3 is 0 Å². The molecule has 2 aliphatic rings. The van der Waals surface area contributed by atoms with Gasteiger partial charge in [-0.3, -0.25) is 4.90 Å². The Morgan fingerprint density at radius 2 is 1.59 bits per heavy atom. The molecule has 0 saturated heterocycles. The summed E-state index contributed by atoms with van der Waals surface area (Å²) in [6, 6.07) is 33.2. The Bertz CT molecular complexity index is 1860. The van der Waals surface area contributed by atoms with Crippen LogP contribution in [0.5, 0.6) is 0 Å². The van der Waals surface area contributed by atoms with Gasteiger partial charge in [0.1, 0.15) is 0 Å². The van der Waals surface area contributed by atoms with Crippen LogP contribution in [0.4, 0.5) is 17.3 Å². The Hall–Kier alpha value is -3.41. The Morgan fingerprint density at radius 3 is 2.43 bits per heavy atom. The average molecular weight is 513 g/mol. The van der Waals surface area contributed by atoms with E-state index in [9.17, 15) is 0 Å². The Labute approximate surface area is 225 Å². The van der Waals surface area contributed by atoms with Gasteiger partial charge in [0, 0.05) is 42.1 Å². The van der Waals surface area contributed by atoms with Gasteiger partial charge in [0.15, 0.2) is 4.90 Å². The number of fused-ring (bicyclic) bond motifs is 8. The van der Waals surface area contributed by atoms with Crippen molar-refractivity contribution in [2.45, 2.75) is 36.0 Å². The van der Waals surface area contributed by atoms with Gasteiger partial charge in [-0.05, 0) is 52.8 Å². The van der Waals surface area contributed by atoms with Gasteiger partial charge in [-0.15, -0.1) is 0 Å². The van der Waals surface area contributed by atoms with E-state index in [-0.39, 0.29) is 12.1 Å². The lowest BCUT2D eigenvalue weighted by Gasteiger charge is -2.37. The molecule has 4 aromatic carbocycles. The topological polar surface area (TPSA) is 16.4 Å². The molecule has 0 N–H and O–H groups in total. The van der Waals surface area contributed by atoms with Crippen molar-refractivity contribution in [1.29, 1.82) is 0 Å². The van der Waals surface area contributed by atoms with Gasteiger partial charge in [0.2, 0.25) is 5.88 Å². The number of benzene rings is 4. The van der Waals surface area contributed by atoms with E-state index in [1.807, 2.05) is 11.8 Å². The van der Waals surface area contributed by atoms with Crippen LogP contribution >= 0.6 is 23.1 Å². The Kier molecular flexibility index (Phi) is 4.43. The Morgan fingerprint density at radius 1 is 0.784 bits per heavy atom. The van der Waals surface area contributed by atoms with E-state index >= 15 is 0 Å². The molecule has 0 bridgehead atoms. The van der Waals surface area contributed by atoms with Crippen molar-refractivity contribution in [2.24, 2.45) is 0 Å². The predicted octanol–water partition coefficient (Wildman–Crippen LogP) is 7.71. The molecule has 0 saturated carbocycles. The third-order valence-corrected chi connectivity index (χ3v) is 9.94. The lowest BCUT2D eigenvalue weighted by Crippen LogP contribution is -2.59. The standard InChI is InChI=1S/C32H24BNOS2/c1-32(2,3)19-16-17-22-26(18-19)36-25-15-9-13-23-28(25)33(22)29-27-21-12-7-8-14-24(21)37-31(27)35-30(29)34(23)20-10-5-4-6-11-20/h4-18H,1-3H3. The van der Waals surface area contributed by atoms with Crippen LogP contribution in [0.1, 0.15) is 26.3 Å². The molecule has 37 heavy (non-hydrogen) atoms. The van der Waals surface area contributed by atoms with Gasteiger partial charge in [0.05, 0.1) is 0 Å². The highest BCUT2D eigenvalue weighted by molar-refractivity contribution is 8.00. The van der Waals surface area contributed by atoms with Gasteiger partial charge in [0.25, 0.3) is 6.71 Å². The minimum Gasteiger partial charge on any atom is -0.430 e. The van der Waals surface area contributed by atoms with Crippen LogP contribution < -0.4 is 21.3 Å². The zero-order valence-electron chi connectivity index (χ0n) is 20.9. The largest absolute Gasteiger partial charge is 0.430 e. The second-order valence-corrected chi connectivity index (χ2v) is 13.1. The highest BCUT2D eigenvalue weighted by atomic mass is 32.2. The molecule has 8 rings (SSSR count). The summed E-state index contributed by atoms with van der Waals surface area (Å²) in [5.74, 6) is 0.950. The molecular weight excluding hydrogens is 489 g/mol. The smallest absolute Gasteiger partial charge is 0.254 e. The van der Waals surface area contributed by atoms with E-state index in [2.05, 4.69) is 117 Å². The quantitative estimate of drug-likeness (QED) is 0.209. The van der Waals surface area contributed by atoms with Crippen LogP contribution in [-0.4, -0.2) is 6.71 Å². The molecule has 4 heterocycles. The lowest BCUT2D eigenvalue weighted by molar-refractivity contribution is 0.589. The van der Waals surface area contributed by atoms with Crippen molar-refractivity contribution in [3.63, 3.8) is 0 Å². The molecule has 2 aromatic heterocycles. The lowest BCUT2D eigenvalue weighted by atomic mass is 9.35. The van der Waals surface area contributed by atoms with E-state index < -0.39 is 0 Å². The predicted molar refractivity (Wildman–Crippen MR) is 160 cm³/mol. The third-order valence-electron chi connectivity index (χ3n) is 7.74. The van der Waals surface area contributed by atoms with E-state index in [4.69, 9.17) is 4.42 Å². The maximum atomic E-state index is 6.83. The van der Waals surface area contributed by atoms with Crippen molar-refractivity contribution in [3.05, 3.63) is 96.6 Å². The fourth-order valence-corrected chi connectivity index (χ4v) is 8.26. The first kappa shape index (κ1) is 21.7. The number of nitrogens with zero attached hydrogens (tertiary/aromatic N) is 1. The molecular formula is C32H24BNOS2. The maximum Gasteiger partial charge on any atom is 0.254 e. The zero-order chi connectivity index (χ0) is 24.9. The summed E-state index contributed by atoms with van der Waals surface area (Å²) >= 11 is 3.67. The van der Waals surface area contributed by atoms with Gasteiger partial charge in [-0.2, -0.15) is 0 Å². The summed E-state index contributed by atoms with van der Waals surface area (Å²) < 4.78 is 8.10. The maximum absolute atomic E-state index is 6.83. The zero-order valence-corrected chi connectivity index (χ0v) is 22.5. The number of anilines is 3. The number of hydrogen-bond acceptors (Lipinski definition) is 4. The summed E-state index contributed by atoms with van der Waals surface area (Å²) in [5.41, 5.74) is 7.87. The van der Waals surface area contributed by atoms with E-state index in [1.165, 1.54) is 52.9 Å². The summed E-state index contributed by atoms with van der Waals surface area (Å²) in [6.45, 7) is 7.01. The number of furan rings is 1. The molecule has 0 radical (unpaired) electrons. The first-order valence-electron chi connectivity index (χ1n) is 12.7. The first-order valence-corrected chi connectivity index (χ1v) is 14.4. The van der Waals surface area contributed by atoms with Gasteiger partial charge in [-0.25, -0.2) is 0 Å². The van der Waals surface area contributed by atoms with Crippen LogP contribution in [0.2, 0.25) is 0 Å². The minimum atomic E-state index is 0.103. The first-order chi connectivity index (χ1) is 18.0. The fourth-order valence-electron chi connectivity index (χ4n) is 5.98. The summed E-state index contributed by atoms with van der Waals surface area (Å²) in [5, 5.41) is 2.55. The normalized spacial score (nSPS) is 14.1. The molecule has 178 valence electrons. The molecule has 0 aliphatic carbocycles. The molecule has 5 heteroatoms. The van der Waals surface area contributed by atoms with Crippen LogP contribution in [-0.2, 0) is 5.41 Å². The molecule has 2 nitrogen and oxygen atoms in total. The average Bonchev–Trinajstić information content (AvgIpc) is 3.44. The van der Waals surface area contributed by atoms with Crippen molar-refractivity contribution in [3.8, 4) is 0 Å². The molecule has 0 amide bonds. The molecule has 0 atom stereocenters. The molecule has 2 aliphatic heterocycles. The van der Waals surface area contributed by atoms with Gasteiger partial charge in [-0.1, -0.05) is 104 Å². The summed E-state index contributed by atoms with van der Waals surface area (Å²) in [6.07, 6.45) is 0. The van der Waals surface area contributed by atoms with Crippen molar-refractivity contribution < 1.29 is 4.42 Å². The van der Waals surface area contributed by atoms with Gasteiger partial charge < -0.3 is 4.42 Å². The number of thiophene rings is 1. The number of rotatable bonds is 1. The van der Waals surface area contributed by atoms with Crippen molar-refractivity contribution in [2.75, 3.05) is 4.90 Å². The van der Waals surface area contributed by atoms with Crippen molar-refractivity contribution >= 4 is 83.8 Å². The number of para-hydroxylation sites is 1. The molecule has 0 fully saturated rings. The van der Waals surface area contributed by atoms with Crippen LogP contribution in [0.25, 0.3) is 20.4 Å². The van der Waals surface area contributed by atoms with Crippen LogP contribution in [0.3, 0.4) is 0 Å². The summed E-state index contributed by atoms with van der Waals surface area (Å²) in [4.78, 5) is 6.03. The summed E-state index contributed by atoms with van der Waals surface area (Å²) in [7, 11) is 0. The minimum absolute atomic E-state index is 0.103. The highest BCUT2D eigenvalue weighted by Crippen LogP contribution is 2.46. The van der Waals surface area contributed by atoms with E-state index in [0.29, 0.717) is 0 Å². The fraction of sp³-hybridized carbons (Fsp3) is 0.125. The van der Waals surface area contributed by atoms with Crippen LogP contribution in [0, 0.1) is 0 Å². The Balaban J connectivity index is 1.49. The molecule has 0 unspecified atom stereocenters. The van der Waals surface area contributed by atoms with Crippen molar-refractivity contribution in [1.82, 2.24) is 0 Å². The monoisotopic (exact) mass is 513 g/mol. The van der Waals surface area contributed by atoms with Crippen LogP contribution in [0.15, 0.2) is 105 Å².